The molecular weight excluding hydrogens is 445 g/mol. The summed E-state index contributed by atoms with van der Waals surface area (Å²) in [5.41, 5.74) is 1.60. The highest BCUT2D eigenvalue weighted by molar-refractivity contribution is 5.96. The van der Waals surface area contributed by atoms with Crippen LogP contribution in [-0.4, -0.2) is 25.6 Å². The Morgan fingerprint density at radius 2 is 1.79 bits per heavy atom. The number of nitrogens with zero attached hydrogens (tertiary/aromatic N) is 2. The summed E-state index contributed by atoms with van der Waals surface area (Å²) >= 11 is 0. The van der Waals surface area contributed by atoms with E-state index < -0.39 is 23.8 Å². The van der Waals surface area contributed by atoms with Gasteiger partial charge in [0.2, 0.25) is 0 Å². The highest BCUT2D eigenvalue weighted by atomic mass is 19.4. The second-order valence-corrected chi connectivity index (χ2v) is 8.11. The number of carboxylic acid groups (broad SMARTS) is 1. The Kier molecular flexibility index (Phi) is 6.43. The Balaban J connectivity index is 1.75. The molecule has 2 heterocycles. The monoisotopic (exact) mass is 468 g/mol. The molecule has 2 aromatic carbocycles. The lowest BCUT2D eigenvalue weighted by Gasteiger charge is -2.17. The van der Waals surface area contributed by atoms with Crippen molar-refractivity contribution in [3.8, 4) is 11.1 Å². The minimum absolute atomic E-state index is 0.0544. The average molecular weight is 468 g/mol. The molecule has 0 aliphatic rings. The van der Waals surface area contributed by atoms with Gasteiger partial charge in [0.25, 0.3) is 0 Å². The molecule has 2 aromatic heterocycles. The van der Waals surface area contributed by atoms with Crippen molar-refractivity contribution in [2.75, 3.05) is 0 Å². The summed E-state index contributed by atoms with van der Waals surface area (Å²) < 4.78 is 42.1. The summed E-state index contributed by atoms with van der Waals surface area (Å²) in [6.45, 7) is 2.02. The topological polar surface area (TPSA) is 74.8 Å². The third-order valence-corrected chi connectivity index (χ3v) is 5.74. The molecule has 1 atom stereocenters. The number of carboxylic acids is 1. The van der Waals surface area contributed by atoms with E-state index in [1.165, 1.54) is 10.5 Å². The molecule has 0 bridgehead atoms. The number of fused-ring (bicyclic) bond motifs is 1. The third kappa shape index (κ3) is 4.68. The van der Waals surface area contributed by atoms with Crippen molar-refractivity contribution in [2.45, 2.75) is 38.5 Å². The van der Waals surface area contributed by atoms with E-state index >= 15 is 0 Å². The lowest BCUT2D eigenvalue weighted by atomic mass is 9.96. The largest absolute Gasteiger partial charge is 0.478 e. The number of aromatic nitrogens is 2. The Morgan fingerprint density at radius 3 is 2.44 bits per heavy atom. The molecule has 0 unspecified atom stereocenters. The second kappa shape index (κ2) is 9.30. The summed E-state index contributed by atoms with van der Waals surface area (Å²) in [5, 5.41) is 20.5. The lowest BCUT2D eigenvalue weighted by molar-refractivity contribution is -0.137. The van der Waals surface area contributed by atoms with Crippen molar-refractivity contribution in [3.63, 3.8) is 0 Å². The van der Waals surface area contributed by atoms with Crippen LogP contribution in [-0.2, 0) is 12.6 Å². The van der Waals surface area contributed by atoms with Crippen molar-refractivity contribution < 1.29 is 28.2 Å². The molecule has 0 aliphatic heterocycles. The number of rotatable bonds is 7. The van der Waals surface area contributed by atoms with Gasteiger partial charge in [-0.1, -0.05) is 55.8 Å². The van der Waals surface area contributed by atoms with E-state index in [1.807, 2.05) is 6.92 Å². The number of alkyl halides is 3. The molecule has 0 saturated heterocycles. The number of hydrogen-bond donors (Lipinski definition) is 2. The maximum Gasteiger partial charge on any atom is 0.416 e. The number of benzene rings is 2. The number of carbonyl (C=O) groups is 1. The Hall–Kier alpha value is -3.65. The quantitative estimate of drug-likeness (QED) is 0.342. The first kappa shape index (κ1) is 23.5. The molecule has 176 valence electrons. The molecule has 5 nitrogen and oxygen atoms in total. The molecule has 4 rings (SSSR count). The minimum Gasteiger partial charge on any atom is -0.478 e. The highest BCUT2D eigenvalue weighted by Gasteiger charge is 2.33. The van der Waals surface area contributed by atoms with Gasteiger partial charge in [0.05, 0.1) is 22.5 Å². The molecule has 0 amide bonds. The van der Waals surface area contributed by atoms with Crippen LogP contribution < -0.4 is 0 Å². The fourth-order valence-electron chi connectivity index (χ4n) is 3.95. The van der Waals surface area contributed by atoms with Crippen LogP contribution in [0.2, 0.25) is 0 Å². The molecule has 2 N–H and O–H groups in total. The zero-order chi connectivity index (χ0) is 24.5. The number of unbranched alkanes of at least 4 members (excludes halogenated alkanes) is 1. The van der Waals surface area contributed by atoms with Crippen LogP contribution >= 0.6 is 0 Å². The first-order valence-corrected chi connectivity index (χ1v) is 10.9. The number of hydrogen-bond acceptors (Lipinski definition) is 3. The van der Waals surface area contributed by atoms with Crippen LogP contribution in [0.3, 0.4) is 0 Å². The Labute approximate surface area is 194 Å². The minimum atomic E-state index is -4.59. The van der Waals surface area contributed by atoms with Crippen molar-refractivity contribution in [1.82, 2.24) is 9.38 Å². The number of aromatic carboxylic acids is 1. The maximum atomic E-state index is 13.5. The van der Waals surface area contributed by atoms with Crippen LogP contribution in [0.1, 0.15) is 58.7 Å². The van der Waals surface area contributed by atoms with Crippen LogP contribution in [0.15, 0.2) is 66.9 Å². The fourth-order valence-corrected chi connectivity index (χ4v) is 3.95. The van der Waals surface area contributed by atoms with Crippen LogP contribution in [0.4, 0.5) is 13.2 Å². The predicted molar refractivity (Wildman–Crippen MR) is 122 cm³/mol. The van der Waals surface area contributed by atoms with Gasteiger partial charge in [-0.3, -0.25) is 0 Å². The van der Waals surface area contributed by atoms with Crippen molar-refractivity contribution >= 4 is 11.6 Å². The molecule has 0 fully saturated rings. The molecule has 0 radical (unpaired) electrons. The van der Waals surface area contributed by atoms with E-state index in [2.05, 4.69) is 4.98 Å². The SMILES string of the molecule is CCCCc1cn2c([C@H](O)c3ccc(-c4ccccc4C(=O)O)cc3)cc(C(F)(F)F)cc2n1. The first-order valence-electron chi connectivity index (χ1n) is 10.9. The van der Waals surface area contributed by atoms with E-state index in [9.17, 15) is 28.2 Å². The van der Waals surface area contributed by atoms with Crippen LogP contribution in [0.5, 0.6) is 0 Å². The van der Waals surface area contributed by atoms with Gasteiger partial charge < -0.3 is 14.6 Å². The number of pyridine rings is 1. The summed E-state index contributed by atoms with van der Waals surface area (Å²) in [4.78, 5) is 15.9. The number of aliphatic hydroxyl groups excluding tert-OH is 1. The van der Waals surface area contributed by atoms with Crippen molar-refractivity contribution in [2.24, 2.45) is 0 Å². The first-order chi connectivity index (χ1) is 16.2. The average Bonchev–Trinajstić information content (AvgIpc) is 3.24. The Bertz CT molecular complexity index is 1330. The normalized spacial score (nSPS) is 12.7. The molecule has 0 saturated carbocycles. The van der Waals surface area contributed by atoms with Gasteiger partial charge in [-0.05, 0) is 47.7 Å². The summed E-state index contributed by atoms with van der Waals surface area (Å²) in [7, 11) is 0. The molecule has 8 heteroatoms. The molecule has 4 aromatic rings. The standard InChI is InChI=1S/C26H23F3N2O3/c1-2-3-6-19-15-31-22(13-18(26(27,28)29)14-23(31)30-19)24(32)17-11-9-16(10-12-17)20-7-4-5-8-21(20)25(33)34/h4-5,7-15,24,32H,2-3,6H2,1H3,(H,33,34)/t24-/m1/s1. The van der Waals surface area contributed by atoms with Gasteiger partial charge in [0, 0.05) is 6.20 Å². The summed E-state index contributed by atoms with van der Waals surface area (Å²) in [5.74, 6) is -1.06. The van der Waals surface area contributed by atoms with E-state index in [-0.39, 0.29) is 16.9 Å². The zero-order valence-corrected chi connectivity index (χ0v) is 18.4. The smallest absolute Gasteiger partial charge is 0.416 e. The second-order valence-electron chi connectivity index (χ2n) is 8.11. The van der Waals surface area contributed by atoms with Gasteiger partial charge >= 0.3 is 12.1 Å². The van der Waals surface area contributed by atoms with Gasteiger partial charge in [0.1, 0.15) is 11.8 Å². The van der Waals surface area contributed by atoms with E-state index in [4.69, 9.17) is 0 Å². The molecule has 0 spiro atoms. The fraction of sp³-hybridized carbons (Fsp3) is 0.231. The van der Waals surface area contributed by atoms with Gasteiger partial charge in [-0.15, -0.1) is 0 Å². The number of aliphatic hydroxyl groups is 1. The lowest BCUT2D eigenvalue weighted by Crippen LogP contribution is -2.11. The van der Waals surface area contributed by atoms with Gasteiger partial charge in [-0.2, -0.15) is 13.2 Å². The van der Waals surface area contributed by atoms with E-state index in [0.717, 1.165) is 25.0 Å². The number of aryl methyl sites for hydroxylation is 1. The predicted octanol–water partition coefficient (Wildman–Crippen LogP) is 6.14. The Morgan fingerprint density at radius 1 is 1.09 bits per heavy atom. The molecular formula is C26H23F3N2O3. The van der Waals surface area contributed by atoms with Gasteiger partial charge in [-0.25, -0.2) is 9.78 Å². The number of imidazole rings is 1. The molecule has 0 aliphatic carbocycles. The van der Waals surface area contributed by atoms with E-state index in [0.29, 0.717) is 28.8 Å². The highest BCUT2D eigenvalue weighted by Crippen LogP contribution is 2.34. The summed E-state index contributed by atoms with van der Waals surface area (Å²) in [6.07, 6.45) is -1.85. The maximum absolute atomic E-state index is 13.5. The van der Waals surface area contributed by atoms with Gasteiger partial charge in [0.15, 0.2) is 0 Å². The van der Waals surface area contributed by atoms with Crippen LogP contribution in [0.25, 0.3) is 16.8 Å². The summed E-state index contributed by atoms with van der Waals surface area (Å²) in [6, 6.07) is 14.9. The van der Waals surface area contributed by atoms with Crippen LogP contribution in [0, 0.1) is 0 Å². The van der Waals surface area contributed by atoms with Crippen molar-refractivity contribution in [1.29, 1.82) is 0 Å². The third-order valence-electron chi connectivity index (χ3n) is 5.74. The van der Waals surface area contributed by atoms with Crippen molar-refractivity contribution in [3.05, 3.63) is 94.9 Å². The van der Waals surface area contributed by atoms with E-state index in [1.54, 1.807) is 48.7 Å². The molecule has 34 heavy (non-hydrogen) atoms. The number of halogens is 3. The zero-order valence-electron chi connectivity index (χ0n) is 18.4.